The van der Waals surface area contributed by atoms with E-state index in [0.29, 0.717) is 0 Å². The highest BCUT2D eigenvalue weighted by Gasteiger charge is 2.22. The van der Waals surface area contributed by atoms with Gasteiger partial charge >= 0.3 is 0 Å². The van der Waals surface area contributed by atoms with Gasteiger partial charge in [-0.25, -0.2) is 0 Å². The van der Waals surface area contributed by atoms with E-state index in [-0.39, 0.29) is 11.5 Å². The van der Waals surface area contributed by atoms with Gasteiger partial charge in [-0.3, -0.25) is 4.90 Å². The van der Waals surface area contributed by atoms with Gasteiger partial charge < -0.3 is 4.79 Å². The molecule has 3 nitrogen and oxygen atoms in total. The van der Waals surface area contributed by atoms with Crippen LogP contribution in [0.25, 0.3) is 0 Å². The average molecular weight is 222 g/mol. The van der Waals surface area contributed by atoms with Gasteiger partial charge in [-0.2, -0.15) is 5.26 Å². The van der Waals surface area contributed by atoms with Crippen molar-refractivity contribution < 1.29 is 4.79 Å². The fraction of sp³-hybridized carbons (Fsp3) is 0.846. The number of hydrogen-bond acceptors (Lipinski definition) is 3. The average Bonchev–Trinajstić information content (AvgIpc) is 2.29. The summed E-state index contributed by atoms with van der Waals surface area (Å²) in [5, 5.41) is 8.91. The molecule has 1 heterocycles. The van der Waals surface area contributed by atoms with Gasteiger partial charge in [0.25, 0.3) is 0 Å². The van der Waals surface area contributed by atoms with Crippen LogP contribution in [-0.2, 0) is 4.79 Å². The standard InChI is InChI=1S/C13H22N2O/c1-13(2,11-14)7-5-9-15-8-4-3-6-12(15)10-16/h10,12H,3-9H2,1-2H3. The molecule has 1 aliphatic heterocycles. The van der Waals surface area contributed by atoms with Crippen LogP contribution in [0.2, 0.25) is 0 Å². The van der Waals surface area contributed by atoms with Crippen molar-refractivity contribution in [2.45, 2.75) is 52.0 Å². The van der Waals surface area contributed by atoms with Crippen molar-refractivity contribution in [3.8, 4) is 6.07 Å². The Morgan fingerprint density at radius 2 is 2.25 bits per heavy atom. The highest BCUT2D eigenvalue weighted by atomic mass is 16.1. The third-order valence-corrected chi connectivity index (χ3v) is 3.37. The Kier molecular flexibility index (Phi) is 4.95. The molecule has 0 N–H and O–H groups in total. The van der Waals surface area contributed by atoms with Crippen LogP contribution in [0.4, 0.5) is 0 Å². The van der Waals surface area contributed by atoms with Crippen LogP contribution in [0.3, 0.4) is 0 Å². The van der Waals surface area contributed by atoms with E-state index in [1.54, 1.807) is 0 Å². The third kappa shape index (κ3) is 3.94. The van der Waals surface area contributed by atoms with Crippen LogP contribution in [0.15, 0.2) is 0 Å². The molecule has 0 amide bonds. The topological polar surface area (TPSA) is 44.1 Å². The summed E-state index contributed by atoms with van der Waals surface area (Å²) in [4.78, 5) is 13.2. The zero-order valence-corrected chi connectivity index (χ0v) is 10.4. The Morgan fingerprint density at radius 1 is 1.50 bits per heavy atom. The van der Waals surface area contributed by atoms with Crippen molar-refractivity contribution in [3.05, 3.63) is 0 Å². The van der Waals surface area contributed by atoms with Gasteiger partial charge in [0.15, 0.2) is 0 Å². The number of nitriles is 1. The number of carbonyl (C=O) groups excluding carboxylic acids is 1. The quantitative estimate of drug-likeness (QED) is 0.671. The van der Waals surface area contributed by atoms with E-state index >= 15 is 0 Å². The Hall–Kier alpha value is -0.880. The summed E-state index contributed by atoms with van der Waals surface area (Å²) in [7, 11) is 0. The molecule has 1 atom stereocenters. The molecule has 0 bridgehead atoms. The molecule has 1 rings (SSSR count). The van der Waals surface area contributed by atoms with Crippen LogP contribution in [0.1, 0.15) is 46.0 Å². The van der Waals surface area contributed by atoms with Crippen molar-refractivity contribution in [2.75, 3.05) is 13.1 Å². The minimum absolute atomic E-state index is 0.124. The fourth-order valence-corrected chi connectivity index (χ4v) is 2.23. The number of piperidine rings is 1. The molecule has 0 aromatic heterocycles. The number of carbonyl (C=O) groups is 1. The summed E-state index contributed by atoms with van der Waals surface area (Å²) in [6.45, 7) is 5.94. The van der Waals surface area contributed by atoms with Gasteiger partial charge in [0, 0.05) is 0 Å². The molecular weight excluding hydrogens is 200 g/mol. The van der Waals surface area contributed by atoms with E-state index in [9.17, 15) is 4.79 Å². The predicted molar refractivity (Wildman–Crippen MR) is 63.9 cm³/mol. The van der Waals surface area contributed by atoms with E-state index in [1.165, 1.54) is 12.8 Å². The minimum Gasteiger partial charge on any atom is -0.302 e. The van der Waals surface area contributed by atoms with Crippen LogP contribution in [-0.4, -0.2) is 30.3 Å². The van der Waals surface area contributed by atoms with Gasteiger partial charge in [0.1, 0.15) is 6.29 Å². The highest BCUT2D eigenvalue weighted by molar-refractivity contribution is 5.57. The van der Waals surface area contributed by atoms with E-state index in [0.717, 1.165) is 38.6 Å². The van der Waals surface area contributed by atoms with Gasteiger partial charge in [-0.1, -0.05) is 6.42 Å². The predicted octanol–water partition coefficient (Wildman–Crippen LogP) is 2.37. The zero-order valence-electron chi connectivity index (χ0n) is 10.4. The first-order chi connectivity index (χ1) is 7.59. The Labute approximate surface area is 98.4 Å². The smallest absolute Gasteiger partial charge is 0.137 e. The molecule has 1 fully saturated rings. The summed E-state index contributed by atoms with van der Waals surface area (Å²) in [6.07, 6.45) is 6.37. The Bertz CT molecular complexity index is 268. The molecule has 90 valence electrons. The molecule has 3 heteroatoms. The van der Waals surface area contributed by atoms with E-state index < -0.39 is 0 Å². The zero-order chi connectivity index (χ0) is 12.0. The lowest BCUT2D eigenvalue weighted by Gasteiger charge is -2.32. The van der Waals surface area contributed by atoms with Crippen LogP contribution in [0.5, 0.6) is 0 Å². The molecule has 0 spiro atoms. The summed E-state index contributed by atoms with van der Waals surface area (Å²) in [6, 6.07) is 2.44. The first kappa shape index (κ1) is 13.2. The first-order valence-corrected chi connectivity index (χ1v) is 6.20. The monoisotopic (exact) mass is 222 g/mol. The fourth-order valence-electron chi connectivity index (χ4n) is 2.23. The summed E-state index contributed by atoms with van der Waals surface area (Å²) < 4.78 is 0. The van der Waals surface area contributed by atoms with Crippen LogP contribution in [0, 0.1) is 16.7 Å². The van der Waals surface area contributed by atoms with Crippen LogP contribution >= 0.6 is 0 Å². The lowest BCUT2D eigenvalue weighted by Crippen LogP contribution is -2.41. The number of rotatable bonds is 5. The van der Waals surface area contributed by atoms with Gasteiger partial charge in [0.2, 0.25) is 0 Å². The molecule has 0 aliphatic carbocycles. The van der Waals surface area contributed by atoms with Crippen molar-refractivity contribution >= 4 is 6.29 Å². The second-order valence-electron chi connectivity index (χ2n) is 5.33. The maximum Gasteiger partial charge on any atom is 0.137 e. The van der Waals surface area contributed by atoms with Crippen molar-refractivity contribution in [2.24, 2.45) is 5.41 Å². The van der Waals surface area contributed by atoms with Crippen molar-refractivity contribution in [1.29, 1.82) is 5.26 Å². The molecule has 1 aliphatic rings. The second-order valence-corrected chi connectivity index (χ2v) is 5.33. The largest absolute Gasteiger partial charge is 0.302 e. The molecule has 0 aromatic carbocycles. The van der Waals surface area contributed by atoms with Crippen molar-refractivity contribution in [1.82, 2.24) is 4.90 Å². The van der Waals surface area contributed by atoms with E-state index in [1.807, 2.05) is 13.8 Å². The third-order valence-electron chi connectivity index (χ3n) is 3.37. The number of nitrogens with zero attached hydrogens (tertiary/aromatic N) is 2. The molecule has 1 saturated heterocycles. The Morgan fingerprint density at radius 3 is 2.88 bits per heavy atom. The van der Waals surface area contributed by atoms with E-state index in [4.69, 9.17) is 5.26 Å². The van der Waals surface area contributed by atoms with Gasteiger partial charge in [0.05, 0.1) is 17.5 Å². The lowest BCUT2D eigenvalue weighted by atomic mass is 9.89. The summed E-state index contributed by atoms with van der Waals surface area (Å²) in [5.74, 6) is 0. The highest BCUT2D eigenvalue weighted by Crippen LogP contribution is 2.22. The number of hydrogen-bond donors (Lipinski definition) is 0. The van der Waals surface area contributed by atoms with Crippen molar-refractivity contribution in [3.63, 3.8) is 0 Å². The molecule has 16 heavy (non-hydrogen) atoms. The summed E-state index contributed by atoms with van der Waals surface area (Å²) in [5.41, 5.74) is -0.230. The molecule has 0 saturated carbocycles. The second kappa shape index (κ2) is 6.00. The maximum atomic E-state index is 10.9. The number of aldehydes is 1. The van der Waals surface area contributed by atoms with Crippen LogP contribution < -0.4 is 0 Å². The Balaban J connectivity index is 2.31. The lowest BCUT2D eigenvalue weighted by molar-refractivity contribution is -0.113. The van der Waals surface area contributed by atoms with Gasteiger partial charge in [-0.05, 0) is 52.6 Å². The maximum absolute atomic E-state index is 10.9. The molecule has 0 radical (unpaired) electrons. The minimum atomic E-state index is -0.230. The molecule has 0 aromatic rings. The SMILES string of the molecule is CC(C)(C#N)CCCN1CCCCC1C=O. The first-order valence-electron chi connectivity index (χ1n) is 6.20. The number of likely N-dealkylation sites (tertiary alicyclic amines) is 1. The van der Waals surface area contributed by atoms with E-state index in [2.05, 4.69) is 11.0 Å². The molecule has 1 unspecified atom stereocenters. The molecular formula is C13H22N2O. The normalized spacial score (nSPS) is 22.7. The summed E-state index contributed by atoms with van der Waals surface area (Å²) >= 11 is 0. The van der Waals surface area contributed by atoms with Gasteiger partial charge in [-0.15, -0.1) is 0 Å².